The Bertz CT molecular complexity index is 337. The van der Waals surface area contributed by atoms with Crippen LogP contribution >= 0.6 is 0 Å². The van der Waals surface area contributed by atoms with Crippen molar-refractivity contribution in [2.45, 2.75) is 31.8 Å². The molecule has 3 N–H and O–H groups in total. The molecule has 0 unspecified atom stereocenters. The molecule has 3 heteroatoms. The second-order valence-electron chi connectivity index (χ2n) is 3.86. The van der Waals surface area contributed by atoms with Crippen molar-refractivity contribution < 1.29 is 9.90 Å². The highest BCUT2D eigenvalue weighted by Gasteiger charge is 2.39. The van der Waals surface area contributed by atoms with Crippen LogP contribution in [0, 0.1) is 0 Å². The molecule has 0 fully saturated rings. The maximum absolute atomic E-state index is 11.5. The van der Waals surface area contributed by atoms with Gasteiger partial charge in [-0.25, -0.2) is 0 Å². The fraction of sp³-hybridized carbons (Fsp3) is 0.417. The van der Waals surface area contributed by atoms with Crippen LogP contribution in [-0.4, -0.2) is 17.1 Å². The summed E-state index contributed by atoms with van der Waals surface area (Å²) in [5, 5.41) is 9.90. The highest BCUT2D eigenvalue weighted by molar-refractivity contribution is 5.87. The summed E-state index contributed by atoms with van der Waals surface area (Å²) in [6, 6.07) is 9.15. The van der Waals surface area contributed by atoms with E-state index in [-0.39, 0.29) is 0 Å². The van der Waals surface area contributed by atoms with Gasteiger partial charge in [-0.05, 0) is 18.9 Å². The zero-order valence-corrected chi connectivity index (χ0v) is 9.10. The molecule has 0 saturated carbocycles. The van der Waals surface area contributed by atoms with E-state index in [2.05, 4.69) is 0 Å². The van der Waals surface area contributed by atoms with E-state index in [1.54, 1.807) is 6.92 Å². The Hall–Kier alpha value is -1.35. The third-order valence-electron chi connectivity index (χ3n) is 2.94. The van der Waals surface area contributed by atoms with Crippen LogP contribution in [0.2, 0.25) is 0 Å². The molecule has 1 rings (SSSR count). The van der Waals surface area contributed by atoms with E-state index in [1.165, 1.54) is 0 Å². The highest BCUT2D eigenvalue weighted by Crippen LogP contribution is 2.28. The fourth-order valence-electron chi connectivity index (χ4n) is 1.69. The summed E-state index contributed by atoms with van der Waals surface area (Å²) in [5.41, 5.74) is 5.13. The first-order chi connectivity index (χ1) is 7.03. The lowest BCUT2D eigenvalue weighted by Gasteiger charge is -2.31. The van der Waals surface area contributed by atoms with Crippen LogP contribution in [0.4, 0.5) is 0 Å². The molecule has 0 bridgehead atoms. The summed E-state index contributed by atoms with van der Waals surface area (Å²) >= 11 is 0. The van der Waals surface area contributed by atoms with E-state index in [0.29, 0.717) is 6.42 Å². The Balaban J connectivity index is 3.19. The van der Waals surface area contributed by atoms with Crippen molar-refractivity contribution in [1.29, 1.82) is 0 Å². The first-order valence-electron chi connectivity index (χ1n) is 5.07. The SMILES string of the molecule is CC[C@H](O)[C@](C)(C(N)=O)c1ccccc1. The van der Waals surface area contributed by atoms with Crippen LogP contribution in [-0.2, 0) is 10.2 Å². The Labute approximate surface area is 89.9 Å². The largest absolute Gasteiger partial charge is 0.392 e. The number of nitrogens with two attached hydrogens (primary N) is 1. The second-order valence-corrected chi connectivity index (χ2v) is 3.86. The standard InChI is InChI=1S/C12H17NO2/c1-3-10(14)12(2,11(13)15)9-7-5-4-6-8-9/h4-8,10,14H,3H2,1-2H3,(H2,13,15)/t10-,12+/m0/s1. The molecule has 1 amide bonds. The molecule has 0 radical (unpaired) electrons. The van der Waals surface area contributed by atoms with Crippen molar-refractivity contribution in [1.82, 2.24) is 0 Å². The van der Waals surface area contributed by atoms with Gasteiger partial charge in [0, 0.05) is 0 Å². The Morgan fingerprint density at radius 3 is 2.40 bits per heavy atom. The number of benzene rings is 1. The third kappa shape index (κ3) is 2.02. The van der Waals surface area contributed by atoms with E-state index in [4.69, 9.17) is 5.73 Å². The summed E-state index contributed by atoms with van der Waals surface area (Å²) in [7, 11) is 0. The van der Waals surface area contributed by atoms with Crippen molar-refractivity contribution in [3.8, 4) is 0 Å². The van der Waals surface area contributed by atoms with E-state index in [9.17, 15) is 9.90 Å². The number of carbonyl (C=O) groups is 1. The molecule has 82 valence electrons. The highest BCUT2D eigenvalue weighted by atomic mass is 16.3. The lowest BCUT2D eigenvalue weighted by molar-refractivity contribution is -0.127. The summed E-state index contributed by atoms with van der Waals surface area (Å²) in [4.78, 5) is 11.5. The van der Waals surface area contributed by atoms with Gasteiger partial charge in [0.2, 0.25) is 5.91 Å². The van der Waals surface area contributed by atoms with Crippen LogP contribution in [0.15, 0.2) is 30.3 Å². The summed E-state index contributed by atoms with van der Waals surface area (Å²) < 4.78 is 0. The van der Waals surface area contributed by atoms with Crippen LogP contribution < -0.4 is 5.73 Å². The zero-order valence-electron chi connectivity index (χ0n) is 9.10. The van der Waals surface area contributed by atoms with Crippen molar-refractivity contribution in [2.24, 2.45) is 5.73 Å². The van der Waals surface area contributed by atoms with Gasteiger partial charge in [0.25, 0.3) is 0 Å². The molecule has 0 saturated heterocycles. The van der Waals surface area contributed by atoms with E-state index < -0.39 is 17.4 Å². The van der Waals surface area contributed by atoms with Gasteiger partial charge in [-0.15, -0.1) is 0 Å². The quantitative estimate of drug-likeness (QED) is 0.779. The molecule has 3 nitrogen and oxygen atoms in total. The number of primary amides is 1. The summed E-state index contributed by atoms with van der Waals surface area (Å²) in [6.45, 7) is 3.51. The predicted molar refractivity (Wildman–Crippen MR) is 59.3 cm³/mol. The number of hydrogen-bond donors (Lipinski definition) is 2. The number of carbonyl (C=O) groups excluding carboxylic acids is 1. The van der Waals surface area contributed by atoms with Gasteiger partial charge >= 0.3 is 0 Å². The summed E-state index contributed by atoms with van der Waals surface area (Å²) in [5.74, 6) is -0.497. The minimum Gasteiger partial charge on any atom is -0.392 e. The van der Waals surface area contributed by atoms with Crippen LogP contribution in [0.25, 0.3) is 0 Å². The van der Waals surface area contributed by atoms with Crippen molar-refractivity contribution >= 4 is 5.91 Å². The van der Waals surface area contributed by atoms with Crippen molar-refractivity contribution in [3.05, 3.63) is 35.9 Å². The Morgan fingerprint density at radius 2 is 2.00 bits per heavy atom. The van der Waals surface area contributed by atoms with E-state index >= 15 is 0 Å². The van der Waals surface area contributed by atoms with E-state index in [1.807, 2.05) is 37.3 Å². The molecule has 1 aromatic rings. The minimum atomic E-state index is -1.00. The van der Waals surface area contributed by atoms with Gasteiger partial charge in [-0.1, -0.05) is 37.3 Å². The van der Waals surface area contributed by atoms with Gasteiger partial charge in [-0.3, -0.25) is 4.79 Å². The summed E-state index contributed by atoms with van der Waals surface area (Å²) in [6.07, 6.45) is -0.258. The normalized spacial score (nSPS) is 16.7. The molecule has 1 aromatic carbocycles. The first kappa shape index (κ1) is 11.7. The molecule has 0 aromatic heterocycles. The average Bonchev–Trinajstić information content (AvgIpc) is 2.27. The number of hydrogen-bond acceptors (Lipinski definition) is 2. The van der Waals surface area contributed by atoms with Gasteiger partial charge in [0.1, 0.15) is 0 Å². The van der Waals surface area contributed by atoms with Gasteiger partial charge in [-0.2, -0.15) is 0 Å². The fourth-order valence-corrected chi connectivity index (χ4v) is 1.69. The number of aliphatic hydroxyl groups excluding tert-OH is 1. The number of rotatable bonds is 4. The number of aliphatic hydroxyl groups is 1. The predicted octanol–water partition coefficient (Wildman–Crippen LogP) is 1.20. The van der Waals surface area contributed by atoms with Crippen LogP contribution in [0.1, 0.15) is 25.8 Å². The van der Waals surface area contributed by atoms with Crippen molar-refractivity contribution in [2.75, 3.05) is 0 Å². The first-order valence-corrected chi connectivity index (χ1v) is 5.07. The smallest absolute Gasteiger partial charge is 0.230 e. The average molecular weight is 207 g/mol. The molecular weight excluding hydrogens is 190 g/mol. The van der Waals surface area contributed by atoms with Gasteiger partial charge in [0.05, 0.1) is 11.5 Å². The maximum atomic E-state index is 11.5. The molecule has 0 spiro atoms. The second kappa shape index (κ2) is 4.45. The van der Waals surface area contributed by atoms with Gasteiger partial charge < -0.3 is 10.8 Å². The lowest BCUT2D eigenvalue weighted by atomic mass is 9.76. The molecule has 0 aliphatic heterocycles. The molecule has 0 heterocycles. The molecule has 0 aliphatic carbocycles. The Morgan fingerprint density at radius 1 is 1.47 bits per heavy atom. The van der Waals surface area contributed by atoms with Crippen molar-refractivity contribution in [3.63, 3.8) is 0 Å². The Kier molecular flexibility index (Phi) is 3.48. The molecular formula is C12H17NO2. The zero-order chi connectivity index (χ0) is 11.5. The topological polar surface area (TPSA) is 63.3 Å². The number of amides is 1. The van der Waals surface area contributed by atoms with Crippen LogP contribution in [0.5, 0.6) is 0 Å². The maximum Gasteiger partial charge on any atom is 0.230 e. The minimum absolute atomic E-state index is 0.494. The van der Waals surface area contributed by atoms with Gasteiger partial charge in [0.15, 0.2) is 0 Å². The molecule has 15 heavy (non-hydrogen) atoms. The lowest BCUT2D eigenvalue weighted by Crippen LogP contribution is -2.47. The van der Waals surface area contributed by atoms with E-state index in [0.717, 1.165) is 5.56 Å². The third-order valence-corrected chi connectivity index (χ3v) is 2.94. The molecule has 0 aliphatic rings. The molecule has 2 atom stereocenters. The van der Waals surface area contributed by atoms with Crippen LogP contribution in [0.3, 0.4) is 0 Å². The monoisotopic (exact) mass is 207 g/mol.